The van der Waals surface area contributed by atoms with Gasteiger partial charge in [0.25, 0.3) is 0 Å². The molecule has 0 saturated heterocycles. The molecule has 0 atom stereocenters. The minimum Gasteiger partial charge on any atom is -0.339 e. The Hall–Kier alpha value is -1.87. The van der Waals surface area contributed by atoms with Gasteiger partial charge in [-0.15, -0.1) is 0 Å². The molecule has 0 radical (unpaired) electrons. The van der Waals surface area contributed by atoms with Gasteiger partial charge in [0.1, 0.15) is 0 Å². The van der Waals surface area contributed by atoms with Gasteiger partial charge in [0.15, 0.2) is 0 Å². The zero-order chi connectivity index (χ0) is 14.1. The van der Waals surface area contributed by atoms with Crippen molar-refractivity contribution in [2.24, 2.45) is 5.73 Å². The average molecular weight is 267 g/mol. The number of hydrogen-bond acceptors (Lipinski definition) is 2. The summed E-state index contributed by atoms with van der Waals surface area (Å²) in [5.74, 6) is 0. The molecule has 0 aliphatic rings. The van der Waals surface area contributed by atoms with Crippen LogP contribution in [-0.4, -0.2) is 16.1 Å². The Bertz CT molecular complexity index is 756. The molecule has 3 heteroatoms. The number of nitrogens with two attached hydrogens (primary N) is 1. The quantitative estimate of drug-likeness (QED) is 0.735. The lowest BCUT2D eigenvalue weighted by Crippen LogP contribution is -2.04. The maximum Gasteiger partial charge on any atom is 0.0707 e. The highest BCUT2D eigenvalue weighted by molar-refractivity contribution is 6.10. The standard InChI is InChI=1S/C17H21N3/c1-12-6-5-7-15-16(12)14-8-10-19-13(2)17(14)20(15)11-4-3-9-18/h5-8,10H,3-4,9,11,18H2,1-2H3. The number of hydrogen-bond donors (Lipinski definition) is 1. The maximum atomic E-state index is 5.63. The van der Waals surface area contributed by atoms with Crippen molar-refractivity contribution >= 4 is 21.8 Å². The second-order valence-electron chi connectivity index (χ2n) is 5.41. The van der Waals surface area contributed by atoms with Crippen molar-refractivity contribution in [3.63, 3.8) is 0 Å². The first-order chi connectivity index (χ1) is 9.74. The first-order valence-corrected chi connectivity index (χ1v) is 7.27. The summed E-state index contributed by atoms with van der Waals surface area (Å²) < 4.78 is 2.41. The number of benzene rings is 1. The van der Waals surface area contributed by atoms with E-state index in [1.165, 1.54) is 27.4 Å². The highest BCUT2D eigenvalue weighted by atomic mass is 15.0. The van der Waals surface area contributed by atoms with E-state index in [4.69, 9.17) is 5.73 Å². The molecule has 2 aromatic heterocycles. The molecule has 104 valence electrons. The Kier molecular flexibility index (Phi) is 3.45. The summed E-state index contributed by atoms with van der Waals surface area (Å²) in [5.41, 5.74) is 10.6. The molecule has 0 fully saturated rings. The molecule has 20 heavy (non-hydrogen) atoms. The number of pyridine rings is 1. The van der Waals surface area contributed by atoms with E-state index >= 15 is 0 Å². The molecule has 1 aromatic carbocycles. The minimum atomic E-state index is 0.757. The number of nitrogens with zero attached hydrogens (tertiary/aromatic N) is 2. The molecular weight excluding hydrogens is 246 g/mol. The number of aryl methyl sites for hydroxylation is 3. The zero-order valence-electron chi connectivity index (χ0n) is 12.2. The average Bonchev–Trinajstić information content (AvgIpc) is 2.76. The summed E-state index contributed by atoms with van der Waals surface area (Å²) >= 11 is 0. The summed E-state index contributed by atoms with van der Waals surface area (Å²) in [7, 11) is 0. The van der Waals surface area contributed by atoms with E-state index in [-0.39, 0.29) is 0 Å². The number of unbranched alkanes of at least 4 members (excludes halogenated alkanes) is 1. The zero-order valence-corrected chi connectivity index (χ0v) is 12.2. The summed E-state index contributed by atoms with van der Waals surface area (Å²) in [6.45, 7) is 6.04. The predicted octanol–water partition coefficient (Wildman–Crippen LogP) is 3.55. The van der Waals surface area contributed by atoms with Crippen LogP contribution in [0, 0.1) is 13.8 Å². The van der Waals surface area contributed by atoms with Crippen LogP contribution in [-0.2, 0) is 6.54 Å². The molecule has 2 N–H and O–H groups in total. The second-order valence-corrected chi connectivity index (χ2v) is 5.41. The molecule has 3 aromatic rings. The van der Waals surface area contributed by atoms with Gasteiger partial charge in [0.05, 0.1) is 11.2 Å². The molecule has 3 nitrogen and oxygen atoms in total. The second kappa shape index (κ2) is 5.25. The Morgan fingerprint density at radius 3 is 2.80 bits per heavy atom. The number of aromatic nitrogens is 2. The lowest BCUT2D eigenvalue weighted by molar-refractivity contribution is 0.641. The molecule has 2 heterocycles. The van der Waals surface area contributed by atoms with Gasteiger partial charge >= 0.3 is 0 Å². The molecular formula is C17H21N3. The van der Waals surface area contributed by atoms with Crippen LogP contribution in [0.4, 0.5) is 0 Å². The van der Waals surface area contributed by atoms with E-state index < -0.39 is 0 Å². The van der Waals surface area contributed by atoms with Gasteiger partial charge in [-0.25, -0.2) is 0 Å². The van der Waals surface area contributed by atoms with E-state index in [0.717, 1.165) is 31.6 Å². The van der Waals surface area contributed by atoms with Crippen LogP contribution in [0.25, 0.3) is 21.8 Å². The Labute approximate surface area is 119 Å². The third-order valence-electron chi connectivity index (χ3n) is 4.02. The van der Waals surface area contributed by atoms with Crippen LogP contribution in [0.2, 0.25) is 0 Å². The largest absolute Gasteiger partial charge is 0.339 e. The monoisotopic (exact) mass is 267 g/mol. The van der Waals surface area contributed by atoms with Gasteiger partial charge in [0.2, 0.25) is 0 Å². The van der Waals surface area contributed by atoms with Crippen molar-refractivity contribution in [3.8, 4) is 0 Å². The fourth-order valence-corrected chi connectivity index (χ4v) is 3.10. The molecule has 0 unspecified atom stereocenters. The predicted molar refractivity (Wildman–Crippen MR) is 85.0 cm³/mol. The highest BCUT2D eigenvalue weighted by Crippen LogP contribution is 2.32. The summed E-state index contributed by atoms with van der Waals surface area (Å²) in [4.78, 5) is 4.48. The minimum absolute atomic E-state index is 0.757. The summed E-state index contributed by atoms with van der Waals surface area (Å²) in [6, 6.07) is 8.67. The van der Waals surface area contributed by atoms with Crippen LogP contribution < -0.4 is 5.73 Å². The van der Waals surface area contributed by atoms with Crippen molar-refractivity contribution in [1.29, 1.82) is 0 Å². The molecule has 3 rings (SSSR count). The van der Waals surface area contributed by atoms with Crippen LogP contribution in [0.15, 0.2) is 30.5 Å². The van der Waals surface area contributed by atoms with Gasteiger partial charge in [-0.1, -0.05) is 12.1 Å². The first kappa shape index (κ1) is 13.1. The van der Waals surface area contributed by atoms with Gasteiger partial charge in [0, 0.05) is 29.0 Å². The smallest absolute Gasteiger partial charge is 0.0707 e. The van der Waals surface area contributed by atoms with Gasteiger partial charge in [-0.2, -0.15) is 0 Å². The fraction of sp³-hybridized carbons (Fsp3) is 0.353. The highest BCUT2D eigenvalue weighted by Gasteiger charge is 2.13. The molecule has 0 bridgehead atoms. The normalized spacial score (nSPS) is 11.6. The van der Waals surface area contributed by atoms with Crippen LogP contribution in [0.5, 0.6) is 0 Å². The van der Waals surface area contributed by atoms with E-state index in [2.05, 4.69) is 47.7 Å². The Morgan fingerprint density at radius 1 is 1.15 bits per heavy atom. The first-order valence-electron chi connectivity index (χ1n) is 7.27. The van der Waals surface area contributed by atoms with Gasteiger partial charge in [-0.05, 0) is 50.9 Å². The van der Waals surface area contributed by atoms with Crippen molar-refractivity contribution in [2.75, 3.05) is 6.54 Å². The van der Waals surface area contributed by atoms with Crippen LogP contribution in [0.3, 0.4) is 0 Å². The van der Waals surface area contributed by atoms with Crippen molar-refractivity contribution in [2.45, 2.75) is 33.2 Å². The maximum absolute atomic E-state index is 5.63. The summed E-state index contributed by atoms with van der Waals surface area (Å²) in [6.07, 6.45) is 4.08. The van der Waals surface area contributed by atoms with Gasteiger partial charge in [-0.3, -0.25) is 4.98 Å². The molecule has 0 aliphatic heterocycles. The Morgan fingerprint density at radius 2 is 2.00 bits per heavy atom. The lowest BCUT2D eigenvalue weighted by Gasteiger charge is -2.08. The fourth-order valence-electron chi connectivity index (χ4n) is 3.10. The third-order valence-corrected chi connectivity index (χ3v) is 4.02. The molecule has 0 aliphatic carbocycles. The van der Waals surface area contributed by atoms with E-state index in [1.807, 2.05) is 6.20 Å². The lowest BCUT2D eigenvalue weighted by atomic mass is 10.1. The van der Waals surface area contributed by atoms with Crippen LogP contribution in [0.1, 0.15) is 24.1 Å². The van der Waals surface area contributed by atoms with E-state index in [9.17, 15) is 0 Å². The molecule has 0 amide bonds. The van der Waals surface area contributed by atoms with E-state index in [0.29, 0.717) is 0 Å². The number of fused-ring (bicyclic) bond motifs is 3. The van der Waals surface area contributed by atoms with Crippen molar-refractivity contribution < 1.29 is 0 Å². The SMILES string of the molecule is Cc1cccc2c1c1ccnc(C)c1n2CCCCN. The van der Waals surface area contributed by atoms with Crippen molar-refractivity contribution in [1.82, 2.24) is 9.55 Å². The van der Waals surface area contributed by atoms with Crippen molar-refractivity contribution in [3.05, 3.63) is 41.7 Å². The van der Waals surface area contributed by atoms with Gasteiger partial charge < -0.3 is 10.3 Å². The van der Waals surface area contributed by atoms with E-state index in [1.54, 1.807) is 0 Å². The third kappa shape index (κ3) is 1.98. The molecule has 0 saturated carbocycles. The molecule has 0 spiro atoms. The Balaban J connectivity index is 2.30. The number of rotatable bonds is 4. The topological polar surface area (TPSA) is 43.8 Å². The van der Waals surface area contributed by atoms with Crippen LogP contribution >= 0.6 is 0 Å². The summed E-state index contributed by atoms with van der Waals surface area (Å²) in [5, 5.41) is 2.68.